The summed E-state index contributed by atoms with van der Waals surface area (Å²) in [5.74, 6) is 1.32. The molecule has 2 N–H and O–H groups in total. The van der Waals surface area contributed by atoms with Gasteiger partial charge in [-0.05, 0) is 43.2 Å². The van der Waals surface area contributed by atoms with E-state index in [2.05, 4.69) is 29.5 Å². The molecule has 1 aliphatic rings. The van der Waals surface area contributed by atoms with Gasteiger partial charge in [-0.25, -0.2) is 4.98 Å². The number of hydrogen-bond acceptors (Lipinski definition) is 3. The van der Waals surface area contributed by atoms with E-state index in [-0.39, 0.29) is 5.91 Å². The number of anilines is 1. The van der Waals surface area contributed by atoms with E-state index in [4.69, 9.17) is 0 Å². The number of nitrogens with zero attached hydrogens (tertiary/aromatic N) is 1. The SMILES string of the molecule is CCCNc1ccc(C(=O)NCC(C)C2CC2)nc1. The Morgan fingerprint density at radius 2 is 2.26 bits per heavy atom. The van der Waals surface area contributed by atoms with Crippen molar-refractivity contribution >= 4 is 11.6 Å². The fourth-order valence-electron chi connectivity index (χ4n) is 2.08. The number of rotatable bonds is 7. The van der Waals surface area contributed by atoms with Gasteiger partial charge in [-0.15, -0.1) is 0 Å². The summed E-state index contributed by atoms with van der Waals surface area (Å²) in [5, 5.41) is 6.20. The van der Waals surface area contributed by atoms with Gasteiger partial charge in [0.15, 0.2) is 0 Å². The lowest BCUT2D eigenvalue weighted by molar-refractivity contribution is 0.0942. The van der Waals surface area contributed by atoms with E-state index in [1.54, 1.807) is 12.3 Å². The molecule has 104 valence electrons. The van der Waals surface area contributed by atoms with Gasteiger partial charge >= 0.3 is 0 Å². The van der Waals surface area contributed by atoms with E-state index in [1.807, 2.05) is 6.07 Å². The van der Waals surface area contributed by atoms with E-state index >= 15 is 0 Å². The van der Waals surface area contributed by atoms with Crippen molar-refractivity contribution < 1.29 is 4.79 Å². The second-order valence-corrected chi connectivity index (χ2v) is 5.38. The molecule has 19 heavy (non-hydrogen) atoms. The molecule has 1 saturated carbocycles. The molecule has 0 bridgehead atoms. The van der Waals surface area contributed by atoms with Crippen LogP contribution in [0.1, 0.15) is 43.6 Å². The molecule has 1 heterocycles. The molecule has 1 aromatic rings. The van der Waals surface area contributed by atoms with Crippen LogP contribution in [0.15, 0.2) is 18.3 Å². The lowest BCUT2D eigenvalue weighted by Crippen LogP contribution is -2.29. The van der Waals surface area contributed by atoms with Crippen LogP contribution in [-0.4, -0.2) is 24.0 Å². The third kappa shape index (κ3) is 4.23. The third-order valence-electron chi connectivity index (χ3n) is 3.59. The highest BCUT2D eigenvalue weighted by molar-refractivity contribution is 5.92. The summed E-state index contributed by atoms with van der Waals surface area (Å²) in [7, 11) is 0. The minimum Gasteiger partial charge on any atom is -0.384 e. The first-order valence-corrected chi connectivity index (χ1v) is 7.18. The molecule has 0 radical (unpaired) electrons. The quantitative estimate of drug-likeness (QED) is 0.793. The van der Waals surface area contributed by atoms with Gasteiger partial charge in [-0.1, -0.05) is 13.8 Å². The first kappa shape index (κ1) is 13.8. The van der Waals surface area contributed by atoms with Crippen LogP contribution < -0.4 is 10.6 Å². The molecular formula is C15H23N3O. The second-order valence-electron chi connectivity index (χ2n) is 5.38. The van der Waals surface area contributed by atoms with Gasteiger partial charge in [0.2, 0.25) is 0 Å². The minimum absolute atomic E-state index is 0.0745. The molecule has 2 rings (SSSR count). The molecule has 4 nitrogen and oxygen atoms in total. The molecule has 0 aromatic carbocycles. The smallest absolute Gasteiger partial charge is 0.269 e. The largest absolute Gasteiger partial charge is 0.384 e. The van der Waals surface area contributed by atoms with Crippen molar-refractivity contribution in [3.05, 3.63) is 24.0 Å². The van der Waals surface area contributed by atoms with Crippen LogP contribution in [0.25, 0.3) is 0 Å². The normalized spacial score (nSPS) is 15.9. The molecule has 0 aliphatic heterocycles. The van der Waals surface area contributed by atoms with Crippen LogP contribution >= 0.6 is 0 Å². The molecule has 1 fully saturated rings. The Balaban J connectivity index is 1.81. The maximum absolute atomic E-state index is 11.9. The van der Waals surface area contributed by atoms with Crippen molar-refractivity contribution in [2.75, 3.05) is 18.4 Å². The van der Waals surface area contributed by atoms with Crippen LogP contribution in [0.4, 0.5) is 5.69 Å². The number of nitrogens with one attached hydrogen (secondary N) is 2. The number of hydrogen-bond donors (Lipinski definition) is 2. The molecule has 1 amide bonds. The Hall–Kier alpha value is -1.58. The van der Waals surface area contributed by atoms with Crippen molar-refractivity contribution in [3.63, 3.8) is 0 Å². The second kappa shape index (κ2) is 6.55. The lowest BCUT2D eigenvalue weighted by atomic mass is 10.1. The molecule has 1 unspecified atom stereocenters. The summed E-state index contributed by atoms with van der Waals surface area (Å²) in [5.41, 5.74) is 1.45. The Labute approximate surface area is 115 Å². The average molecular weight is 261 g/mol. The van der Waals surface area contributed by atoms with Gasteiger partial charge in [0.25, 0.3) is 5.91 Å². The predicted octanol–water partition coefficient (Wildman–Crippen LogP) is 2.68. The lowest BCUT2D eigenvalue weighted by Gasteiger charge is -2.11. The molecule has 1 aromatic heterocycles. The maximum Gasteiger partial charge on any atom is 0.269 e. The fourth-order valence-corrected chi connectivity index (χ4v) is 2.08. The third-order valence-corrected chi connectivity index (χ3v) is 3.59. The van der Waals surface area contributed by atoms with Crippen molar-refractivity contribution in [2.45, 2.75) is 33.1 Å². The highest BCUT2D eigenvalue weighted by Crippen LogP contribution is 2.36. The molecule has 0 saturated heterocycles. The van der Waals surface area contributed by atoms with Crippen molar-refractivity contribution in [3.8, 4) is 0 Å². The van der Waals surface area contributed by atoms with Crippen LogP contribution in [0.3, 0.4) is 0 Å². The van der Waals surface area contributed by atoms with Crippen molar-refractivity contribution in [1.82, 2.24) is 10.3 Å². The molecule has 1 aliphatic carbocycles. The van der Waals surface area contributed by atoms with Gasteiger partial charge in [-0.2, -0.15) is 0 Å². The Kier molecular flexibility index (Phi) is 4.77. The summed E-state index contributed by atoms with van der Waals surface area (Å²) in [6.07, 6.45) is 5.41. The highest BCUT2D eigenvalue weighted by Gasteiger charge is 2.27. The standard InChI is InChI=1S/C15H23N3O/c1-3-8-16-13-6-7-14(17-10-13)15(19)18-9-11(2)12-4-5-12/h6-7,10-12,16H,3-5,8-9H2,1-2H3,(H,18,19). The maximum atomic E-state index is 11.9. The summed E-state index contributed by atoms with van der Waals surface area (Å²) in [6, 6.07) is 3.68. The first-order chi connectivity index (χ1) is 9.20. The zero-order valence-electron chi connectivity index (χ0n) is 11.8. The van der Waals surface area contributed by atoms with Crippen LogP contribution in [0, 0.1) is 11.8 Å². The Morgan fingerprint density at radius 1 is 1.47 bits per heavy atom. The van der Waals surface area contributed by atoms with E-state index in [0.29, 0.717) is 11.6 Å². The predicted molar refractivity (Wildman–Crippen MR) is 77.2 cm³/mol. The van der Waals surface area contributed by atoms with Gasteiger partial charge in [0.05, 0.1) is 11.9 Å². The number of pyridine rings is 1. The number of amides is 1. The Morgan fingerprint density at radius 3 is 2.84 bits per heavy atom. The van der Waals surface area contributed by atoms with Crippen molar-refractivity contribution in [1.29, 1.82) is 0 Å². The van der Waals surface area contributed by atoms with E-state index in [9.17, 15) is 4.79 Å². The van der Waals surface area contributed by atoms with Crippen LogP contribution in [-0.2, 0) is 0 Å². The van der Waals surface area contributed by atoms with Crippen LogP contribution in [0.2, 0.25) is 0 Å². The summed E-state index contributed by atoms with van der Waals surface area (Å²) < 4.78 is 0. The highest BCUT2D eigenvalue weighted by atomic mass is 16.1. The monoisotopic (exact) mass is 261 g/mol. The van der Waals surface area contributed by atoms with Gasteiger partial charge in [0.1, 0.15) is 5.69 Å². The van der Waals surface area contributed by atoms with Gasteiger partial charge in [-0.3, -0.25) is 4.79 Å². The number of aromatic nitrogens is 1. The zero-order chi connectivity index (χ0) is 13.7. The summed E-state index contributed by atoms with van der Waals surface area (Å²) >= 11 is 0. The van der Waals surface area contributed by atoms with Gasteiger partial charge in [0, 0.05) is 13.1 Å². The average Bonchev–Trinajstić information content (AvgIpc) is 3.27. The first-order valence-electron chi connectivity index (χ1n) is 7.18. The van der Waals surface area contributed by atoms with Crippen LogP contribution in [0.5, 0.6) is 0 Å². The summed E-state index contributed by atoms with van der Waals surface area (Å²) in [6.45, 7) is 5.99. The molecule has 1 atom stereocenters. The van der Waals surface area contributed by atoms with Crippen molar-refractivity contribution in [2.24, 2.45) is 11.8 Å². The summed E-state index contributed by atoms with van der Waals surface area (Å²) in [4.78, 5) is 16.1. The topological polar surface area (TPSA) is 54.0 Å². The van der Waals surface area contributed by atoms with Gasteiger partial charge < -0.3 is 10.6 Å². The number of carbonyl (C=O) groups is 1. The van der Waals surface area contributed by atoms with E-state index < -0.39 is 0 Å². The van der Waals surface area contributed by atoms with E-state index in [1.165, 1.54) is 12.8 Å². The molecular weight excluding hydrogens is 238 g/mol. The fraction of sp³-hybridized carbons (Fsp3) is 0.600. The molecule has 4 heteroatoms. The molecule has 0 spiro atoms. The minimum atomic E-state index is -0.0745. The van der Waals surface area contributed by atoms with E-state index in [0.717, 1.165) is 31.1 Å². The Bertz CT molecular complexity index is 412. The number of carbonyl (C=O) groups excluding carboxylic acids is 1. The zero-order valence-corrected chi connectivity index (χ0v) is 11.8.